The van der Waals surface area contributed by atoms with Crippen LogP contribution in [-0.4, -0.2) is 12.4 Å². The monoisotopic (exact) mass is 224 g/mol. The molecule has 1 unspecified atom stereocenters. The van der Waals surface area contributed by atoms with Gasteiger partial charge in [0.05, 0.1) is 6.61 Å². The van der Waals surface area contributed by atoms with Crippen molar-refractivity contribution in [3.8, 4) is 0 Å². The molecule has 0 N–H and O–H groups in total. The molecule has 3 heteroatoms. The smallest absolute Gasteiger partial charge is 0.158 e. The van der Waals surface area contributed by atoms with Crippen LogP contribution in [0.3, 0.4) is 0 Å². The Morgan fingerprint density at radius 3 is 3.13 bits per heavy atom. The predicted molar refractivity (Wildman–Crippen MR) is 67.5 cm³/mol. The molecule has 82 valence electrons. The quantitative estimate of drug-likeness (QED) is 0.530. The molecule has 1 rings (SSSR count). The van der Waals surface area contributed by atoms with E-state index < -0.39 is 0 Å². The molecule has 0 aromatic heterocycles. The third kappa shape index (κ3) is 4.75. The Morgan fingerprint density at radius 2 is 2.40 bits per heavy atom. The van der Waals surface area contributed by atoms with Gasteiger partial charge in [-0.15, -0.1) is 9.24 Å². The Balaban J connectivity index is 0.00000225. The number of carbonyl (C=O) groups is 1. The summed E-state index contributed by atoms with van der Waals surface area (Å²) < 4.78 is 5.45. The van der Waals surface area contributed by atoms with E-state index in [1.807, 2.05) is 18.2 Å². The molecule has 0 aromatic carbocycles. The van der Waals surface area contributed by atoms with Crippen LogP contribution in [0.2, 0.25) is 0 Å². The van der Waals surface area contributed by atoms with Gasteiger partial charge in [0, 0.05) is 7.85 Å². The van der Waals surface area contributed by atoms with Crippen LogP contribution in [0.5, 0.6) is 0 Å². The second-order valence-corrected chi connectivity index (χ2v) is 3.82. The SMILES string of the molecule is C=CC(=O)CCOC1=CCC=C(P)C=C1.[HH]. The van der Waals surface area contributed by atoms with E-state index in [9.17, 15) is 4.79 Å². The van der Waals surface area contributed by atoms with Crippen molar-refractivity contribution in [2.75, 3.05) is 6.61 Å². The zero-order valence-corrected chi connectivity index (χ0v) is 9.76. The highest BCUT2D eigenvalue weighted by atomic mass is 31.0. The van der Waals surface area contributed by atoms with Gasteiger partial charge in [0.15, 0.2) is 5.78 Å². The zero-order valence-electron chi connectivity index (χ0n) is 8.61. The van der Waals surface area contributed by atoms with Gasteiger partial charge in [-0.3, -0.25) is 4.79 Å². The van der Waals surface area contributed by atoms with Gasteiger partial charge in [0.1, 0.15) is 5.76 Å². The van der Waals surface area contributed by atoms with Crippen molar-refractivity contribution >= 4 is 15.0 Å². The van der Waals surface area contributed by atoms with Crippen molar-refractivity contribution in [2.45, 2.75) is 12.8 Å². The Labute approximate surface area is 94.1 Å². The van der Waals surface area contributed by atoms with Crippen LogP contribution in [-0.2, 0) is 9.53 Å². The largest absolute Gasteiger partial charge is 0.493 e. The number of ketones is 1. The molecule has 0 saturated heterocycles. The van der Waals surface area contributed by atoms with Gasteiger partial charge in [-0.1, -0.05) is 18.7 Å². The lowest BCUT2D eigenvalue weighted by Gasteiger charge is -2.04. The van der Waals surface area contributed by atoms with E-state index in [1.54, 1.807) is 0 Å². The number of hydrogen-bond donors (Lipinski definition) is 0. The maximum atomic E-state index is 10.9. The summed E-state index contributed by atoms with van der Waals surface area (Å²) in [6.07, 6.45) is 10.5. The average Bonchev–Trinajstić information content (AvgIpc) is 2.43. The van der Waals surface area contributed by atoms with Crippen LogP contribution >= 0.6 is 9.24 Å². The molecule has 0 saturated carbocycles. The van der Waals surface area contributed by atoms with E-state index in [4.69, 9.17) is 4.74 Å². The van der Waals surface area contributed by atoms with E-state index >= 15 is 0 Å². The molecule has 0 radical (unpaired) electrons. The number of ether oxygens (including phenoxy) is 1. The van der Waals surface area contributed by atoms with Gasteiger partial charge >= 0.3 is 0 Å². The molecular formula is C12H17O2P. The van der Waals surface area contributed by atoms with Crippen molar-refractivity contribution in [3.05, 3.63) is 48.0 Å². The van der Waals surface area contributed by atoms with Crippen molar-refractivity contribution in [1.82, 2.24) is 0 Å². The first-order chi connectivity index (χ1) is 7.22. The van der Waals surface area contributed by atoms with Gasteiger partial charge in [-0.05, 0) is 30.0 Å². The summed E-state index contributed by atoms with van der Waals surface area (Å²) in [5, 5.41) is 1.15. The number of hydrogen-bond acceptors (Lipinski definition) is 2. The third-order valence-electron chi connectivity index (χ3n) is 1.96. The average molecular weight is 224 g/mol. The summed E-state index contributed by atoms with van der Waals surface area (Å²) in [7, 11) is 2.64. The fourth-order valence-corrected chi connectivity index (χ4v) is 1.34. The lowest BCUT2D eigenvalue weighted by atomic mass is 10.3. The van der Waals surface area contributed by atoms with Crippen LogP contribution in [0.25, 0.3) is 0 Å². The van der Waals surface area contributed by atoms with E-state index in [2.05, 4.69) is 21.9 Å². The van der Waals surface area contributed by atoms with Crippen molar-refractivity contribution in [2.24, 2.45) is 0 Å². The van der Waals surface area contributed by atoms with Crippen LogP contribution in [0.15, 0.2) is 48.0 Å². The molecule has 0 spiro atoms. The minimum Gasteiger partial charge on any atom is -0.493 e. The molecule has 0 bridgehead atoms. The number of allylic oxidation sites excluding steroid dienone is 6. The summed E-state index contributed by atoms with van der Waals surface area (Å²) in [4.78, 5) is 10.9. The molecule has 1 aliphatic rings. The fraction of sp³-hybridized carbons (Fsp3) is 0.250. The zero-order chi connectivity index (χ0) is 11.1. The van der Waals surface area contributed by atoms with Gasteiger partial charge in [-0.2, -0.15) is 0 Å². The van der Waals surface area contributed by atoms with Gasteiger partial charge in [0.2, 0.25) is 0 Å². The maximum Gasteiger partial charge on any atom is 0.158 e. The second-order valence-electron chi connectivity index (χ2n) is 3.15. The predicted octanol–water partition coefficient (Wildman–Crippen LogP) is 3.00. The summed E-state index contributed by atoms with van der Waals surface area (Å²) in [6.45, 7) is 3.82. The molecule has 0 aromatic rings. The highest BCUT2D eigenvalue weighted by Gasteiger charge is 1.99. The summed E-state index contributed by atoms with van der Waals surface area (Å²) in [5.74, 6) is 0.832. The summed E-state index contributed by atoms with van der Waals surface area (Å²) >= 11 is 0. The van der Waals surface area contributed by atoms with Crippen molar-refractivity contribution in [3.63, 3.8) is 0 Å². The normalized spacial score (nSPS) is 15.0. The molecule has 15 heavy (non-hydrogen) atoms. The molecule has 0 heterocycles. The van der Waals surface area contributed by atoms with Crippen LogP contribution in [0, 0.1) is 0 Å². The number of carbonyl (C=O) groups excluding carboxylic acids is 1. The first-order valence-corrected chi connectivity index (χ1v) is 5.42. The molecule has 2 nitrogen and oxygen atoms in total. The lowest BCUT2D eigenvalue weighted by molar-refractivity contribution is -0.115. The first kappa shape index (κ1) is 11.9. The second kappa shape index (κ2) is 6.36. The van der Waals surface area contributed by atoms with Gasteiger partial charge in [-0.25, -0.2) is 0 Å². The van der Waals surface area contributed by atoms with E-state index in [0.717, 1.165) is 17.5 Å². The first-order valence-electron chi connectivity index (χ1n) is 4.84. The van der Waals surface area contributed by atoms with Gasteiger partial charge < -0.3 is 4.74 Å². The van der Waals surface area contributed by atoms with E-state index in [0.29, 0.717) is 13.0 Å². The Bertz CT molecular complexity index is 343. The van der Waals surface area contributed by atoms with Crippen LogP contribution < -0.4 is 0 Å². The minimum absolute atomic E-state index is 0. The molecule has 1 aliphatic carbocycles. The van der Waals surface area contributed by atoms with E-state index in [-0.39, 0.29) is 7.21 Å². The molecule has 1 atom stereocenters. The summed E-state index contributed by atoms with van der Waals surface area (Å²) in [5.41, 5.74) is 0. The maximum absolute atomic E-state index is 10.9. The van der Waals surface area contributed by atoms with Crippen molar-refractivity contribution in [1.29, 1.82) is 0 Å². The molecule has 0 amide bonds. The standard InChI is InChI=1S/C12H15O2P.H2/c1-2-10(13)8-9-14-11-4-3-5-12(15)7-6-11;/h2,4-7H,1,3,8-9,15H2;1H. The van der Waals surface area contributed by atoms with Crippen LogP contribution in [0.4, 0.5) is 0 Å². The Morgan fingerprint density at radius 1 is 1.60 bits per heavy atom. The molecule has 0 fully saturated rings. The van der Waals surface area contributed by atoms with Gasteiger partial charge in [0.25, 0.3) is 0 Å². The number of rotatable bonds is 5. The van der Waals surface area contributed by atoms with E-state index in [1.165, 1.54) is 6.08 Å². The molecule has 0 aliphatic heterocycles. The van der Waals surface area contributed by atoms with Crippen molar-refractivity contribution < 1.29 is 11.0 Å². The highest BCUT2D eigenvalue weighted by molar-refractivity contribution is 7.22. The van der Waals surface area contributed by atoms with Crippen LogP contribution in [0.1, 0.15) is 14.3 Å². The third-order valence-corrected chi connectivity index (χ3v) is 2.39. The Kier molecular flexibility index (Phi) is 5.06. The minimum atomic E-state index is 0. The molecular weight excluding hydrogens is 207 g/mol. The Hall–Kier alpha value is -1.14. The highest BCUT2D eigenvalue weighted by Crippen LogP contribution is 2.15. The fourth-order valence-electron chi connectivity index (χ4n) is 1.10. The topological polar surface area (TPSA) is 26.3 Å². The lowest BCUT2D eigenvalue weighted by Crippen LogP contribution is -2.00. The summed E-state index contributed by atoms with van der Waals surface area (Å²) in [6, 6.07) is 0.